The first kappa shape index (κ1) is 19.3. The summed E-state index contributed by atoms with van der Waals surface area (Å²) in [6.07, 6.45) is 4.23. The van der Waals surface area contributed by atoms with E-state index in [0.717, 1.165) is 19.4 Å². The largest absolute Gasteiger partial charge is 0.314 e. The molecular weight excluding hydrogens is 379 g/mol. The van der Waals surface area contributed by atoms with Crippen LogP contribution in [0.1, 0.15) is 25.7 Å². The van der Waals surface area contributed by atoms with Gasteiger partial charge in [0, 0.05) is 24.2 Å². The highest BCUT2D eigenvalue weighted by Gasteiger charge is 2.34. The van der Waals surface area contributed by atoms with Crippen molar-refractivity contribution in [1.29, 1.82) is 0 Å². The van der Waals surface area contributed by atoms with Gasteiger partial charge >= 0.3 is 0 Å². The lowest BCUT2D eigenvalue weighted by molar-refractivity contribution is 0.234. The third-order valence-electron chi connectivity index (χ3n) is 4.68. The second-order valence-corrected chi connectivity index (χ2v) is 8.77. The van der Waals surface area contributed by atoms with E-state index in [1.54, 1.807) is 6.07 Å². The number of piperidine rings is 1. The molecule has 4 nitrogen and oxygen atoms in total. The van der Waals surface area contributed by atoms with E-state index in [2.05, 4.69) is 5.32 Å². The average molecular weight is 400 g/mol. The minimum absolute atomic E-state index is 0. The van der Waals surface area contributed by atoms with Crippen molar-refractivity contribution >= 4 is 45.6 Å². The van der Waals surface area contributed by atoms with Crippen LogP contribution in [-0.2, 0) is 10.0 Å². The van der Waals surface area contributed by atoms with Gasteiger partial charge < -0.3 is 5.32 Å². The van der Waals surface area contributed by atoms with Gasteiger partial charge in [-0.25, -0.2) is 8.42 Å². The maximum absolute atomic E-state index is 12.8. The van der Waals surface area contributed by atoms with E-state index in [0.29, 0.717) is 30.1 Å². The molecule has 1 aromatic carbocycles. The van der Waals surface area contributed by atoms with Crippen LogP contribution in [0.25, 0.3) is 0 Å². The Balaban J connectivity index is 0.00000192. The van der Waals surface area contributed by atoms with E-state index in [4.69, 9.17) is 23.2 Å². The highest BCUT2D eigenvalue weighted by molar-refractivity contribution is 7.89. The third-order valence-corrected chi connectivity index (χ3v) is 7.29. The molecule has 1 aromatic rings. The minimum Gasteiger partial charge on any atom is -0.314 e. The molecule has 130 valence electrons. The molecule has 0 amide bonds. The van der Waals surface area contributed by atoms with Crippen molar-refractivity contribution in [1.82, 2.24) is 9.62 Å². The number of sulfonamides is 1. The number of nitrogens with zero attached hydrogens (tertiary/aromatic N) is 1. The number of hydrogen-bond acceptors (Lipinski definition) is 3. The lowest BCUT2D eigenvalue weighted by atomic mass is 9.89. The Hall–Kier alpha value is -0.0400. The Bertz CT molecular complexity index is 640. The Kier molecular flexibility index (Phi) is 6.62. The second-order valence-electron chi connectivity index (χ2n) is 6.02. The van der Waals surface area contributed by atoms with Crippen molar-refractivity contribution in [3.63, 3.8) is 0 Å². The zero-order valence-electron chi connectivity index (χ0n) is 12.7. The summed E-state index contributed by atoms with van der Waals surface area (Å²) in [6.45, 7) is 2.18. The van der Waals surface area contributed by atoms with Gasteiger partial charge in [-0.15, -0.1) is 12.4 Å². The average Bonchev–Trinajstić information content (AvgIpc) is 3.04. The molecule has 2 fully saturated rings. The lowest BCUT2D eigenvalue weighted by Gasteiger charge is -2.34. The van der Waals surface area contributed by atoms with E-state index in [1.807, 2.05) is 0 Å². The monoisotopic (exact) mass is 398 g/mol. The lowest BCUT2D eigenvalue weighted by Crippen LogP contribution is -2.43. The fourth-order valence-corrected chi connectivity index (χ4v) is 5.65. The van der Waals surface area contributed by atoms with Crippen LogP contribution in [0.4, 0.5) is 0 Å². The number of rotatable bonds is 3. The molecule has 0 radical (unpaired) electrons. The molecule has 0 aliphatic carbocycles. The zero-order valence-corrected chi connectivity index (χ0v) is 15.8. The van der Waals surface area contributed by atoms with E-state index in [1.165, 1.54) is 29.3 Å². The summed E-state index contributed by atoms with van der Waals surface area (Å²) in [5, 5.41) is 4.13. The molecule has 23 heavy (non-hydrogen) atoms. The van der Waals surface area contributed by atoms with Crippen LogP contribution in [0, 0.1) is 5.92 Å². The summed E-state index contributed by atoms with van der Waals surface area (Å²) in [5.41, 5.74) is 0. The summed E-state index contributed by atoms with van der Waals surface area (Å²) in [5.74, 6) is 0.573. The molecule has 2 aliphatic heterocycles. The molecule has 2 aliphatic rings. The van der Waals surface area contributed by atoms with Gasteiger partial charge in [0.05, 0.1) is 5.02 Å². The van der Waals surface area contributed by atoms with Crippen molar-refractivity contribution < 1.29 is 8.42 Å². The first-order chi connectivity index (χ1) is 10.5. The molecule has 0 aromatic heterocycles. The van der Waals surface area contributed by atoms with Crippen LogP contribution in [0.15, 0.2) is 23.1 Å². The Labute approximate surface area is 154 Å². The maximum atomic E-state index is 12.8. The topological polar surface area (TPSA) is 49.4 Å². The summed E-state index contributed by atoms with van der Waals surface area (Å²) < 4.78 is 27.0. The highest BCUT2D eigenvalue weighted by atomic mass is 35.5. The standard InChI is InChI=1S/C15H20Cl2N2O2S.ClH/c16-12-3-4-13(17)15(10-12)22(20,21)19-8-5-11(6-9-19)14-2-1-7-18-14;/h3-4,10-11,14,18H,1-2,5-9H2;1H. The number of hydrogen-bond donors (Lipinski definition) is 1. The van der Waals surface area contributed by atoms with Crippen LogP contribution in [0.3, 0.4) is 0 Å². The maximum Gasteiger partial charge on any atom is 0.244 e. The molecule has 0 bridgehead atoms. The molecular formula is C15H21Cl3N2O2S. The summed E-state index contributed by atoms with van der Waals surface area (Å²) >= 11 is 12.0. The molecule has 2 heterocycles. The van der Waals surface area contributed by atoms with E-state index < -0.39 is 10.0 Å². The SMILES string of the molecule is Cl.O=S(=O)(c1cc(Cl)ccc1Cl)N1CCC(C2CCCN2)CC1. The predicted octanol–water partition coefficient (Wildman–Crippen LogP) is 3.57. The first-order valence-electron chi connectivity index (χ1n) is 7.67. The third kappa shape index (κ3) is 4.14. The fraction of sp³-hybridized carbons (Fsp3) is 0.600. The molecule has 1 atom stereocenters. The molecule has 1 N–H and O–H groups in total. The number of halogens is 3. The molecule has 0 saturated carbocycles. The van der Waals surface area contributed by atoms with Gasteiger partial charge in [0.2, 0.25) is 10.0 Å². The van der Waals surface area contributed by atoms with E-state index in [9.17, 15) is 8.42 Å². The molecule has 0 spiro atoms. The second kappa shape index (κ2) is 7.89. The molecule has 1 unspecified atom stereocenters. The van der Waals surface area contributed by atoms with Crippen molar-refractivity contribution in [2.24, 2.45) is 5.92 Å². The summed E-state index contributed by atoms with van der Waals surface area (Å²) in [6, 6.07) is 5.12. The van der Waals surface area contributed by atoms with Crippen molar-refractivity contribution in [2.45, 2.75) is 36.6 Å². The van der Waals surface area contributed by atoms with Gasteiger partial charge in [0.25, 0.3) is 0 Å². The van der Waals surface area contributed by atoms with Crippen LogP contribution in [0.5, 0.6) is 0 Å². The van der Waals surface area contributed by atoms with E-state index in [-0.39, 0.29) is 22.3 Å². The van der Waals surface area contributed by atoms with E-state index >= 15 is 0 Å². The van der Waals surface area contributed by atoms with Crippen LogP contribution in [0.2, 0.25) is 10.0 Å². The van der Waals surface area contributed by atoms with Gasteiger partial charge in [0.15, 0.2) is 0 Å². The Morgan fingerprint density at radius 1 is 1.13 bits per heavy atom. The summed E-state index contributed by atoms with van der Waals surface area (Å²) in [7, 11) is -3.57. The highest BCUT2D eigenvalue weighted by Crippen LogP contribution is 2.32. The van der Waals surface area contributed by atoms with Crippen LogP contribution < -0.4 is 5.32 Å². The quantitative estimate of drug-likeness (QED) is 0.845. The van der Waals surface area contributed by atoms with Crippen molar-refractivity contribution in [3.8, 4) is 0 Å². The van der Waals surface area contributed by atoms with Gasteiger partial charge in [-0.1, -0.05) is 23.2 Å². The predicted molar refractivity (Wildman–Crippen MR) is 96.2 cm³/mol. The van der Waals surface area contributed by atoms with Crippen LogP contribution >= 0.6 is 35.6 Å². The zero-order chi connectivity index (χ0) is 15.7. The molecule has 3 rings (SSSR count). The first-order valence-corrected chi connectivity index (χ1v) is 9.86. The normalized spacial score (nSPS) is 23.7. The molecule has 2 saturated heterocycles. The molecule has 8 heteroatoms. The smallest absolute Gasteiger partial charge is 0.244 e. The van der Waals surface area contributed by atoms with Gasteiger partial charge in [0.1, 0.15) is 4.90 Å². The van der Waals surface area contributed by atoms with Gasteiger partial charge in [-0.3, -0.25) is 0 Å². The summed E-state index contributed by atoms with van der Waals surface area (Å²) in [4.78, 5) is 0.110. The van der Waals surface area contributed by atoms with Gasteiger partial charge in [-0.2, -0.15) is 4.31 Å². The van der Waals surface area contributed by atoms with Gasteiger partial charge in [-0.05, 0) is 56.3 Å². The van der Waals surface area contributed by atoms with Crippen molar-refractivity contribution in [2.75, 3.05) is 19.6 Å². The fourth-order valence-electron chi connectivity index (χ4n) is 3.45. The van der Waals surface area contributed by atoms with Crippen molar-refractivity contribution in [3.05, 3.63) is 28.2 Å². The number of nitrogens with one attached hydrogen (secondary N) is 1. The Morgan fingerprint density at radius 3 is 2.43 bits per heavy atom. The number of benzene rings is 1. The minimum atomic E-state index is -3.57. The van der Waals surface area contributed by atoms with Crippen LogP contribution in [-0.4, -0.2) is 38.4 Å². The Morgan fingerprint density at radius 2 is 1.83 bits per heavy atom.